The molecule has 1 aromatic heterocycles. The van der Waals surface area contributed by atoms with Crippen LogP contribution in [0.3, 0.4) is 0 Å². The first kappa shape index (κ1) is 23.1. The third kappa shape index (κ3) is 10.1. The van der Waals surface area contributed by atoms with Gasteiger partial charge in [0, 0.05) is 0 Å². The average molecular weight is 378 g/mol. The maximum Gasteiger partial charge on any atom is 0.356 e. The number of rotatable bonds is 14. The van der Waals surface area contributed by atoms with Gasteiger partial charge in [-0.15, -0.1) is 0 Å². The summed E-state index contributed by atoms with van der Waals surface area (Å²) < 4.78 is 10.5. The van der Waals surface area contributed by atoms with E-state index in [1.807, 2.05) is 13.8 Å². The number of carbonyl (C=O) groups is 2. The molecule has 0 bridgehead atoms. The molecule has 0 amide bonds. The zero-order valence-corrected chi connectivity index (χ0v) is 17.2. The lowest BCUT2D eigenvalue weighted by atomic mass is 10.1. The Hall–Kier alpha value is -1.91. The number of esters is 2. The Balaban J connectivity index is 2.29. The van der Waals surface area contributed by atoms with Crippen molar-refractivity contribution in [1.82, 2.24) is 4.98 Å². The monoisotopic (exact) mass is 377 g/mol. The molecule has 0 N–H and O–H groups in total. The van der Waals surface area contributed by atoms with Crippen LogP contribution in [0.15, 0.2) is 18.2 Å². The fraction of sp³-hybridized carbons (Fsp3) is 0.682. The minimum Gasteiger partial charge on any atom is -0.461 e. The van der Waals surface area contributed by atoms with Gasteiger partial charge in [-0.05, 0) is 24.5 Å². The Bertz CT molecular complexity index is 559. The number of carbonyl (C=O) groups excluding carboxylic acids is 2. The molecule has 0 aromatic carbocycles. The van der Waals surface area contributed by atoms with Crippen LogP contribution in [-0.4, -0.2) is 30.1 Å². The molecule has 5 nitrogen and oxygen atoms in total. The van der Waals surface area contributed by atoms with Gasteiger partial charge in [0.2, 0.25) is 0 Å². The van der Waals surface area contributed by atoms with Crippen LogP contribution in [-0.2, 0) is 9.47 Å². The summed E-state index contributed by atoms with van der Waals surface area (Å²) >= 11 is 0. The highest BCUT2D eigenvalue weighted by Crippen LogP contribution is 2.10. The molecular weight excluding hydrogens is 342 g/mol. The molecule has 0 aliphatic carbocycles. The van der Waals surface area contributed by atoms with E-state index in [0.29, 0.717) is 19.1 Å². The topological polar surface area (TPSA) is 65.5 Å². The molecule has 1 atom stereocenters. The molecule has 1 unspecified atom stereocenters. The maximum absolute atomic E-state index is 12.1. The smallest absolute Gasteiger partial charge is 0.356 e. The van der Waals surface area contributed by atoms with E-state index in [9.17, 15) is 9.59 Å². The average Bonchev–Trinajstić information content (AvgIpc) is 2.70. The van der Waals surface area contributed by atoms with Crippen molar-refractivity contribution in [3.63, 3.8) is 0 Å². The Morgan fingerprint density at radius 1 is 0.889 bits per heavy atom. The second-order valence-electron chi connectivity index (χ2n) is 7.13. The van der Waals surface area contributed by atoms with Crippen LogP contribution in [0.2, 0.25) is 0 Å². The van der Waals surface area contributed by atoms with Crippen LogP contribution in [0, 0.1) is 5.92 Å². The number of ether oxygens (including phenoxy) is 2. The predicted octanol–water partition coefficient (Wildman–Crippen LogP) is 5.58. The van der Waals surface area contributed by atoms with Crippen LogP contribution < -0.4 is 0 Å². The summed E-state index contributed by atoms with van der Waals surface area (Å²) in [5.41, 5.74) is 0.285. The Labute approximate surface area is 163 Å². The number of unbranched alkanes of at least 4 members (excludes halogenated alkanes) is 7. The van der Waals surface area contributed by atoms with E-state index in [1.165, 1.54) is 38.5 Å². The van der Waals surface area contributed by atoms with Gasteiger partial charge in [0.15, 0.2) is 0 Å². The standard InChI is InChI=1S/C22H35NO4/c1-4-6-7-8-9-10-11-12-16-26-21(24)19-14-13-15-20(23-19)22(25)27-17-18(3)5-2/h13-15,18H,4-12,16-17H2,1-3H3. The summed E-state index contributed by atoms with van der Waals surface area (Å²) in [6.07, 6.45) is 10.5. The van der Waals surface area contributed by atoms with E-state index < -0.39 is 11.9 Å². The highest BCUT2D eigenvalue weighted by atomic mass is 16.5. The van der Waals surface area contributed by atoms with Crippen LogP contribution >= 0.6 is 0 Å². The SMILES string of the molecule is CCCCCCCCCCOC(=O)c1cccc(C(=O)OCC(C)CC)n1. The quantitative estimate of drug-likeness (QED) is 0.313. The van der Waals surface area contributed by atoms with Gasteiger partial charge in [-0.2, -0.15) is 0 Å². The molecule has 1 rings (SSSR count). The van der Waals surface area contributed by atoms with Crippen LogP contribution in [0.1, 0.15) is 99.5 Å². The largest absolute Gasteiger partial charge is 0.461 e. The van der Waals surface area contributed by atoms with E-state index in [2.05, 4.69) is 11.9 Å². The van der Waals surface area contributed by atoms with Crippen molar-refractivity contribution in [2.24, 2.45) is 5.92 Å². The fourth-order valence-electron chi connectivity index (χ4n) is 2.55. The van der Waals surface area contributed by atoms with Gasteiger partial charge in [-0.3, -0.25) is 0 Å². The van der Waals surface area contributed by atoms with Crippen molar-refractivity contribution < 1.29 is 19.1 Å². The van der Waals surface area contributed by atoms with Gasteiger partial charge >= 0.3 is 11.9 Å². The Kier molecular flexibility index (Phi) is 12.2. The van der Waals surface area contributed by atoms with Crippen molar-refractivity contribution in [1.29, 1.82) is 0 Å². The summed E-state index contributed by atoms with van der Waals surface area (Å²) in [7, 11) is 0. The van der Waals surface area contributed by atoms with Crippen molar-refractivity contribution in [2.45, 2.75) is 78.6 Å². The van der Waals surface area contributed by atoms with E-state index in [1.54, 1.807) is 18.2 Å². The number of aromatic nitrogens is 1. The van der Waals surface area contributed by atoms with Crippen molar-refractivity contribution in [3.05, 3.63) is 29.6 Å². The molecule has 1 aromatic rings. The molecule has 0 saturated carbocycles. The van der Waals surface area contributed by atoms with Gasteiger partial charge in [0.25, 0.3) is 0 Å². The van der Waals surface area contributed by atoms with Gasteiger partial charge in [0.05, 0.1) is 13.2 Å². The first-order valence-corrected chi connectivity index (χ1v) is 10.4. The summed E-state index contributed by atoms with van der Waals surface area (Å²) in [6.45, 7) is 7.01. The minimum absolute atomic E-state index is 0.139. The molecule has 27 heavy (non-hydrogen) atoms. The lowest BCUT2D eigenvalue weighted by Crippen LogP contribution is -2.15. The van der Waals surface area contributed by atoms with Crippen molar-refractivity contribution in [3.8, 4) is 0 Å². The normalized spacial score (nSPS) is 11.8. The highest BCUT2D eigenvalue weighted by molar-refractivity contribution is 5.91. The van der Waals surface area contributed by atoms with Gasteiger partial charge in [0.1, 0.15) is 11.4 Å². The predicted molar refractivity (Wildman–Crippen MR) is 107 cm³/mol. The molecule has 0 saturated heterocycles. The second kappa shape index (κ2) is 14.2. The molecular formula is C22H35NO4. The van der Waals surface area contributed by atoms with E-state index in [0.717, 1.165) is 19.3 Å². The molecule has 1 heterocycles. The molecule has 0 fully saturated rings. The van der Waals surface area contributed by atoms with E-state index in [4.69, 9.17) is 9.47 Å². The zero-order chi connectivity index (χ0) is 19.9. The first-order chi connectivity index (χ1) is 13.1. The van der Waals surface area contributed by atoms with Crippen LogP contribution in [0.5, 0.6) is 0 Å². The maximum atomic E-state index is 12.1. The zero-order valence-electron chi connectivity index (χ0n) is 17.2. The molecule has 5 heteroatoms. The van der Waals surface area contributed by atoms with E-state index in [-0.39, 0.29) is 11.4 Å². The minimum atomic E-state index is -0.506. The number of hydrogen-bond acceptors (Lipinski definition) is 5. The molecule has 152 valence electrons. The van der Waals surface area contributed by atoms with Crippen LogP contribution in [0.4, 0.5) is 0 Å². The summed E-state index contributed by atoms with van der Waals surface area (Å²) in [4.78, 5) is 28.2. The lowest BCUT2D eigenvalue weighted by molar-refractivity contribution is 0.0438. The third-order valence-corrected chi connectivity index (χ3v) is 4.59. The lowest BCUT2D eigenvalue weighted by Gasteiger charge is -2.09. The summed E-state index contributed by atoms with van der Waals surface area (Å²) in [6, 6.07) is 4.73. The second-order valence-corrected chi connectivity index (χ2v) is 7.13. The molecule has 0 radical (unpaired) electrons. The van der Waals surface area contributed by atoms with E-state index >= 15 is 0 Å². The number of pyridine rings is 1. The first-order valence-electron chi connectivity index (χ1n) is 10.4. The van der Waals surface area contributed by atoms with Gasteiger partial charge < -0.3 is 9.47 Å². The van der Waals surface area contributed by atoms with Gasteiger partial charge in [-0.25, -0.2) is 14.6 Å². The third-order valence-electron chi connectivity index (χ3n) is 4.59. The van der Waals surface area contributed by atoms with Crippen molar-refractivity contribution in [2.75, 3.05) is 13.2 Å². The Morgan fingerprint density at radius 3 is 2.04 bits per heavy atom. The molecule has 0 aliphatic heterocycles. The summed E-state index contributed by atoms with van der Waals surface area (Å²) in [5, 5.41) is 0. The Morgan fingerprint density at radius 2 is 1.44 bits per heavy atom. The number of nitrogens with zero attached hydrogens (tertiary/aromatic N) is 1. The highest BCUT2D eigenvalue weighted by Gasteiger charge is 2.15. The van der Waals surface area contributed by atoms with Crippen LogP contribution in [0.25, 0.3) is 0 Å². The van der Waals surface area contributed by atoms with Gasteiger partial charge in [-0.1, -0.05) is 78.2 Å². The van der Waals surface area contributed by atoms with Crippen molar-refractivity contribution >= 4 is 11.9 Å². The fourth-order valence-corrected chi connectivity index (χ4v) is 2.55. The molecule has 0 aliphatic rings. The molecule has 0 spiro atoms. The number of hydrogen-bond donors (Lipinski definition) is 0. The summed E-state index contributed by atoms with van der Waals surface area (Å²) in [5.74, 6) is -0.698.